The predicted molar refractivity (Wildman–Crippen MR) is 247 cm³/mol. The zero-order valence-corrected chi connectivity index (χ0v) is 37.1. The number of rotatable bonds is 22. The average molecular weight is 889 g/mol. The number of nitro benzene ring substituents is 1. The Balaban J connectivity index is 1.33. The van der Waals surface area contributed by atoms with Crippen LogP contribution in [0.15, 0.2) is 114 Å². The summed E-state index contributed by atoms with van der Waals surface area (Å²) in [6.07, 6.45) is 7.96. The van der Waals surface area contributed by atoms with Gasteiger partial charge in [0.2, 0.25) is 5.79 Å². The van der Waals surface area contributed by atoms with Crippen molar-refractivity contribution in [2.24, 2.45) is 22.9 Å². The summed E-state index contributed by atoms with van der Waals surface area (Å²) in [4.78, 5) is 36.2. The predicted octanol–water partition coefficient (Wildman–Crippen LogP) is 8.80. The van der Waals surface area contributed by atoms with Gasteiger partial charge in [-0.3, -0.25) is 19.9 Å². The van der Waals surface area contributed by atoms with E-state index >= 15 is 4.79 Å². The largest absolute Gasteiger partial charge is 0.492 e. The standard InChI is InChI=1S/C51H60N4O10/c1-3-29-62-51-47(54(34-37-15-11-14-35-12-5-6-16-41(35)37)50(58)64-39-20-18-38(19-21-39)55(59)60)33-45(52-63-4-2)43-31-36(13-7-9-27-56)42(17-8-10-28-57)48(49(43)51)44-32-40(22-23-46(44)65-51)61-30-26-53-24-25-53/h3,5-6,11-12,14-16,18-23,31-32,36,42,47-49,56-57H,1,4,7-10,13,17,24-30,33-34H2,2H3. The zero-order chi connectivity index (χ0) is 45.3. The van der Waals surface area contributed by atoms with Crippen LogP contribution in [-0.4, -0.2) is 101 Å². The normalized spacial score (nSPS) is 23.7. The van der Waals surface area contributed by atoms with Crippen LogP contribution in [0.1, 0.15) is 68.9 Å². The summed E-state index contributed by atoms with van der Waals surface area (Å²) in [5.41, 5.74) is 3.28. The van der Waals surface area contributed by atoms with Crippen molar-refractivity contribution in [1.29, 1.82) is 0 Å². The first-order valence-electron chi connectivity index (χ1n) is 23.0. The topological polar surface area (TPSA) is 165 Å². The number of aliphatic hydroxyl groups excluding tert-OH is 2. The Kier molecular flexibility index (Phi) is 14.8. The third-order valence-corrected chi connectivity index (χ3v) is 13.2. The molecule has 0 bridgehead atoms. The molecular weight excluding hydrogens is 829 g/mol. The number of hydrogen-bond donors (Lipinski definition) is 2. The van der Waals surface area contributed by atoms with Gasteiger partial charge >= 0.3 is 6.09 Å². The van der Waals surface area contributed by atoms with Crippen molar-refractivity contribution in [3.05, 3.63) is 130 Å². The maximum absolute atomic E-state index is 15.2. The molecule has 8 rings (SSSR count). The molecule has 0 spiro atoms. The van der Waals surface area contributed by atoms with Gasteiger partial charge in [-0.05, 0) is 96.7 Å². The van der Waals surface area contributed by atoms with Gasteiger partial charge in [0.15, 0.2) is 0 Å². The van der Waals surface area contributed by atoms with Crippen LogP contribution >= 0.6 is 0 Å². The number of hydrogen-bond acceptors (Lipinski definition) is 12. The lowest BCUT2D eigenvalue weighted by molar-refractivity contribution is -0.384. The van der Waals surface area contributed by atoms with Crippen molar-refractivity contribution >= 4 is 28.3 Å². The van der Waals surface area contributed by atoms with Crippen LogP contribution in [0.25, 0.3) is 10.8 Å². The SMILES string of the molecule is C=CCOC12Oc3ccc(OCCN4CC4)cc3C3C(CCCCO)C(CCCCO)C=C(C(=NOCC)CC1N(Cc1cccc4ccccc14)C(=O)Oc1ccc([N+](=O)[O-])cc1)C32. The van der Waals surface area contributed by atoms with Crippen molar-refractivity contribution < 1.29 is 43.7 Å². The fraction of sp³-hybridized carbons (Fsp3) is 0.451. The first-order chi connectivity index (χ1) is 31.8. The quantitative estimate of drug-likeness (QED) is 0.0255. The lowest BCUT2D eigenvalue weighted by Gasteiger charge is -2.59. The number of benzene rings is 4. The maximum atomic E-state index is 15.2. The molecule has 14 heteroatoms. The third-order valence-electron chi connectivity index (χ3n) is 13.2. The van der Waals surface area contributed by atoms with Crippen molar-refractivity contribution in [2.45, 2.75) is 76.2 Å². The molecule has 2 aliphatic carbocycles. The van der Waals surface area contributed by atoms with Crippen LogP contribution in [0.4, 0.5) is 10.5 Å². The van der Waals surface area contributed by atoms with Gasteiger partial charge in [0, 0.05) is 62.9 Å². The van der Waals surface area contributed by atoms with Gasteiger partial charge in [0.25, 0.3) is 5.69 Å². The highest BCUT2D eigenvalue weighted by atomic mass is 16.7. The summed E-state index contributed by atoms with van der Waals surface area (Å²) < 4.78 is 27.2. The van der Waals surface area contributed by atoms with Crippen molar-refractivity contribution in [3.8, 4) is 17.2 Å². The monoisotopic (exact) mass is 888 g/mol. The van der Waals surface area contributed by atoms with E-state index in [-0.39, 0.29) is 62.0 Å². The van der Waals surface area contributed by atoms with Gasteiger partial charge < -0.3 is 34.0 Å². The molecular formula is C51H60N4O10. The smallest absolute Gasteiger partial charge is 0.416 e. The summed E-state index contributed by atoms with van der Waals surface area (Å²) in [6.45, 7) is 10.1. The first-order valence-corrected chi connectivity index (χ1v) is 23.0. The van der Waals surface area contributed by atoms with Crippen molar-refractivity contribution in [3.63, 3.8) is 0 Å². The van der Waals surface area contributed by atoms with E-state index in [1.165, 1.54) is 24.3 Å². The maximum Gasteiger partial charge on any atom is 0.416 e. The summed E-state index contributed by atoms with van der Waals surface area (Å²) >= 11 is 0. The van der Waals surface area contributed by atoms with Crippen LogP contribution in [0.5, 0.6) is 17.2 Å². The highest BCUT2D eigenvalue weighted by Crippen LogP contribution is 2.62. The van der Waals surface area contributed by atoms with E-state index in [4.69, 9.17) is 28.9 Å². The molecule has 2 N–H and O–H groups in total. The molecule has 1 saturated heterocycles. The summed E-state index contributed by atoms with van der Waals surface area (Å²) in [6, 6.07) is 24.5. The fourth-order valence-corrected chi connectivity index (χ4v) is 10.2. The Morgan fingerprint density at radius 2 is 1.75 bits per heavy atom. The Bertz CT molecular complexity index is 2360. The van der Waals surface area contributed by atoms with E-state index in [1.54, 1.807) is 11.0 Å². The number of aliphatic hydroxyl groups is 2. The Hall–Kier alpha value is -5.80. The molecule has 344 valence electrons. The van der Waals surface area contributed by atoms with E-state index in [0.717, 1.165) is 78.5 Å². The van der Waals surface area contributed by atoms with E-state index in [1.807, 2.05) is 61.5 Å². The number of carbonyl (C=O) groups excluding carboxylic acids is 1. The minimum atomic E-state index is -1.53. The van der Waals surface area contributed by atoms with Crippen LogP contribution < -0.4 is 14.2 Å². The molecule has 2 fully saturated rings. The molecule has 4 aromatic rings. The van der Waals surface area contributed by atoms with Crippen molar-refractivity contribution in [1.82, 2.24) is 9.80 Å². The number of fused-ring (bicyclic) bond motifs is 3. The number of unbranched alkanes of at least 4 members (excludes halogenated alkanes) is 2. The molecule has 2 heterocycles. The minimum Gasteiger partial charge on any atom is -0.492 e. The molecule has 14 nitrogen and oxygen atoms in total. The highest BCUT2D eigenvalue weighted by molar-refractivity contribution is 6.03. The number of non-ortho nitro benzene ring substituents is 1. The van der Waals surface area contributed by atoms with Crippen LogP contribution in [0, 0.1) is 27.9 Å². The number of oxime groups is 1. The molecule has 4 aliphatic rings. The molecule has 4 aromatic carbocycles. The minimum absolute atomic E-state index is 0.0295. The molecule has 0 aromatic heterocycles. The van der Waals surface area contributed by atoms with Crippen LogP contribution in [0.2, 0.25) is 0 Å². The molecule has 0 radical (unpaired) electrons. The van der Waals surface area contributed by atoms with E-state index < -0.39 is 28.8 Å². The van der Waals surface area contributed by atoms with Crippen LogP contribution in [0.3, 0.4) is 0 Å². The molecule has 6 atom stereocenters. The number of allylic oxidation sites excluding steroid dienone is 1. The van der Waals surface area contributed by atoms with Crippen molar-refractivity contribution in [2.75, 3.05) is 52.7 Å². The molecule has 1 saturated carbocycles. The zero-order valence-electron chi connectivity index (χ0n) is 37.1. The van der Waals surface area contributed by atoms with Gasteiger partial charge in [-0.15, -0.1) is 6.58 Å². The summed E-state index contributed by atoms with van der Waals surface area (Å²) in [5.74, 6) is -0.732. The van der Waals surface area contributed by atoms with Gasteiger partial charge in [-0.1, -0.05) is 72.6 Å². The van der Waals surface area contributed by atoms with E-state index in [9.17, 15) is 20.3 Å². The van der Waals surface area contributed by atoms with Crippen LogP contribution in [-0.2, 0) is 16.1 Å². The van der Waals surface area contributed by atoms with Gasteiger partial charge in [-0.2, -0.15) is 0 Å². The number of nitrogens with zero attached hydrogens (tertiary/aromatic N) is 4. The lowest BCUT2D eigenvalue weighted by atomic mass is 9.55. The van der Waals surface area contributed by atoms with Gasteiger partial charge in [0.05, 0.1) is 29.7 Å². The Morgan fingerprint density at radius 3 is 2.49 bits per heavy atom. The third kappa shape index (κ3) is 10.1. The number of nitro groups is 1. The van der Waals surface area contributed by atoms with Gasteiger partial charge in [0.1, 0.15) is 36.5 Å². The Labute approximate surface area is 380 Å². The van der Waals surface area contributed by atoms with E-state index in [2.05, 4.69) is 23.6 Å². The van der Waals surface area contributed by atoms with E-state index in [0.29, 0.717) is 37.5 Å². The molecule has 2 aliphatic heterocycles. The fourth-order valence-electron chi connectivity index (χ4n) is 10.2. The first kappa shape index (κ1) is 45.8. The summed E-state index contributed by atoms with van der Waals surface area (Å²) in [5, 5.41) is 38.3. The van der Waals surface area contributed by atoms with Gasteiger partial charge in [-0.25, -0.2) is 4.79 Å². The molecule has 1 amide bonds. The molecule has 6 unspecified atom stereocenters. The average Bonchev–Trinajstić information content (AvgIpc) is 4.15. The number of carbonyl (C=O) groups is 1. The Morgan fingerprint density at radius 1 is 1.00 bits per heavy atom. The second-order valence-electron chi connectivity index (χ2n) is 17.3. The second-order valence-corrected chi connectivity index (χ2v) is 17.3. The summed E-state index contributed by atoms with van der Waals surface area (Å²) in [7, 11) is 0. The lowest BCUT2D eigenvalue weighted by Crippen LogP contribution is -2.70. The highest BCUT2D eigenvalue weighted by Gasteiger charge is 2.66. The number of amides is 1. The number of ether oxygens (including phenoxy) is 4. The second kappa shape index (κ2) is 21.0. The molecule has 65 heavy (non-hydrogen) atoms.